The third-order valence-electron chi connectivity index (χ3n) is 8.39. The van der Waals surface area contributed by atoms with E-state index in [1.165, 1.54) is 6.08 Å². The highest BCUT2D eigenvalue weighted by molar-refractivity contribution is 5.82. The van der Waals surface area contributed by atoms with Crippen LogP contribution in [0.5, 0.6) is 0 Å². The van der Waals surface area contributed by atoms with E-state index in [0.717, 1.165) is 19.3 Å². The number of hydrogen-bond donors (Lipinski definition) is 3. The van der Waals surface area contributed by atoms with E-state index in [1.54, 1.807) is 33.8 Å². The average molecular weight is 673 g/mol. The molecule has 47 heavy (non-hydrogen) atoms. The summed E-state index contributed by atoms with van der Waals surface area (Å²) in [7, 11) is 0. The zero-order chi connectivity index (χ0) is 35.1. The van der Waals surface area contributed by atoms with Gasteiger partial charge in [-0.05, 0) is 100 Å². The molecule has 2 heterocycles. The Labute approximate surface area is 280 Å². The Morgan fingerprint density at radius 2 is 1.47 bits per heavy atom. The number of aliphatic hydroxyl groups is 3. The van der Waals surface area contributed by atoms with Gasteiger partial charge < -0.3 is 48.5 Å². The summed E-state index contributed by atoms with van der Waals surface area (Å²) < 4.78 is 41.0. The summed E-state index contributed by atoms with van der Waals surface area (Å²) in [5.74, 6) is -0.330. The van der Waals surface area contributed by atoms with Gasteiger partial charge in [0.2, 0.25) is 0 Å². The summed E-state index contributed by atoms with van der Waals surface area (Å²) in [6, 6.07) is 0. The molecule has 0 bridgehead atoms. The van der Waals surface area contributed by atoms with Crippen molar-refractivity contribution in [3.63, 3.8) is 0 Å². The van der Waals surface area contributed by atoms with Crippen molar-refractivity contribution in [3.05, 3.63) is 12.2 Å². The normalized spacial score (nSPS) is 34.6. The summed E-state index contributed by atoms with van der Waals surface area (Å²) in [6.45, 7) is 16.6. The van der Waals surface area contributed by atoms with E-state index in [-0.39, 0.29) is 49.5 Å². The summed E-state index contributed by atoms with van der Waals surface area (Å²) >= 11 is 0. The van der Waals surface area contributed by atoms with Crippen LogP contribution in [0.3, 0.4) is 0 Å². The Hall–Kier alpha value is -1.64. The van der Waals surface area contributed by atoms with Crippen molar-refractivity contribution in [2.45, 2.75) is 180 Å². The molecule has 3 aliphatic rings. The van der Waals surface area contributed by atoms with E-state index in [9.17, 15) is 24.9 Å². The number of aliphatic hydroxyl groups excluding tert-OH is 3. The molecule has 0 amide bonds. The topological polar surface area (TPSA) is 159 Å². The minimum absolute atomic E-state index is 0.0240. The number of rotatable bonds is 15. The molecule has 3 rings (SSSR count). The molecule has 2 saturated heterocycles. The predicted octanol–water partition coefficient (Wildman–Crippen LogP) is 3.95. The van der Waals surface area contributed by atoms with E-state index < -0.39 is 66.4 Å². The van der Waals surface area contributed by atoms with Gasteiger partial charge in [-0.1, -0.05) is 6.08 Å². The van der Waals surface area contributed by atoms with Gasteiger partial charge in [0, 0.05) is 18.9 Å². The second kappa shape index (κ2) is 17.3. The summed E-state index contributed by atoms with van der Waals surface area (Å²) in [5, 5.41) is 31.7. The lowest BCUT2D eigenvalue weighted by molar-refractivity contribution is -0.306. The van der Waals surface area contributed by atoms with Crippen molar-refractivity contribution in [2.75, 3.05) is 6.61 Å². The van der Waals surface area contributed by atoms with Crippen LogP contribution >= 0.6 is 0 Å². The van der Waals surface area contributed by atoms with Gasteiger partial charge in [0.1, 0.15) is 29.5 Å². The molecule has 272 valence electrons. The molecule has 0 unspecified atom stereocenters. The summed E-state index contributed by atoms with van der Waals surface area (Å²) in [4.78, 5) is 24.2. The largest absolute Gasteiger partial charge is 0.460 e. The van der Waals surface area contributed by atoms with E-state index in [0.29, 0.717) is 12.8 Å². The lowest BCUT2D eigenvalue weighted by Gasteiger charge is -2.41. The number of ether oxygens (including phenoxy) is 7. The molecule has 0 radical (unpaired) electrons. The zero-order valence-corrected chi connectivity index (χ0v) is 29.8. The third-order valence-corrected chi connectivity index (χ3v) is 8.39. The molecule has 1 aliphatic carbocycles. The van der Waals surface area contributed by atoms with Gasteiger partial charge in [-0.25, -0.2) is 4.79 Å². The van der Waals surface area contributed by atoms with Crippen LogP contribution in [0.15, 0.2) is 12.2 Å². The van der Waals surface area contributed by atoms with Crippen molar-refractivity contribution in [2.24, 2.45) is 11.8 Å². The number of carbonyl (C=O) groups is 2. The first-order valence-corrected chi connectivity index (χ1v) is 17.2. The minimum Gasteiger partial charge on any atom is -0.460 e. The van der Waals surface area contributed by atoms with Gasteiger partial charge in [-0.15, -0.1) is 0 Å². The van der Waals surface area contributed by atoms with Gasteiger partial charge in [0.05, 0.1) is 43.0 Å². The van der Waals surface area contributed by atoms with Crippen LogP contribution in [0.1, 0.15) is 107 Å². The molecule has 0 aromatic heterocycles. The Balaban J connectivity index is 1.46. The maximum Gasteiger partial charge on any atom is 0.330 e. The van der Waals surface area contributed by atoms with Crippen LogP contribution in [-0.4, -0.2) is 106 Å². The van der Waals surface area contributed by atoms with Crippen molar-refractivity contribution in [3.8, 4) is 0 Å². The first-order valence-electron chi connectivity index (χ1n) is 17.2. The first-order chi connectivity index (χ1) is 21.8. The fourth-order valence-electron chi connectivity index (χ4n) is 5.67. The molecular formula is C35H60O12. The van der Waals surface area contributed by atoms with Crippen LogP contribution in [0.2, 0.25) is 0 Å². The Morgan fingerprint density at radius 3 is 2.13 bits per heavy atom. The molecule has 0 aromatic carbocycles. The first kappa shape index (κ1) is 39.8. The van der Waals surface area contributed by atoms with Gasteiger partial charge in [0.25, 0.3) is 0 Å². The quantitative estimate of drug-likeness (QED) is 0.170. The number of carbonyl (C=O) groups excluding carboxylic acids is 2. The average Bonchev–Trinajstić information content (AvgIpc) is 3.71. The number of esters is 2. The molecule has 12 heteroatoms. The van der Waals surface area contributed by atoms with Gasteiger partial charge in [-0.3, -0.25) is 4.79 Å². The Morgan fingerprint density at radius 1 is 0.830 bits per heavy atom. The fraction of sp³-hybridized carbons (Fsp3) is 0.886. The minimum atomic E-state index is -1.03. The molecule has 0 spiro atoms. The smallest absolute Gasteiger partial charge is 0.330 e. The third kappa shape index (κ3) is 14.0. The number of hydrogen-bond acceptors (Lipinski definition) is 12. The van der Waals surface area contributed by atoms with Crippen molar-refractivity contribution >= 4 is 11.9 Å². The maximum absolute atomic E-state index is 12.3. The molecule has 2 aliphatic heterocycles. The highest BCUT2D eigenvalue weighted by atomic mass is 16.7. The highest BCUT2D eigenvalue weighted by Crippen LogP contribution is 2.44. The van der Waals surface area contributed by atoms with Crippen molar-refractivity contribution in [1.82, 2.24) is 0 Å². The van der Waals surface area contributed by atoms with Crippen LogP contribution in [0.4, 0.5) is 0 Å². The summed E-state index contributed by atoms with van der Waals surface area (Å²) in [5.41, 5.74) is -1.05. The molecule has 1 saturated carbocycles. The highest BCUT2D eigenvalue weighted by Gasteiger charge is 2.45. The van der Waals surface area contributed by atoms with Crippen molar-refractivity contribution in [1.29, 1.82) is 0 Å². The Kier molecular flexibility index (Phi) is 14.7. The van der Waals surface area contributed by atoms with Crippen molar-refractivity contribution < 1.29 is 58.1 Å². The number of allylic oxidation sites excluding steroid dienone is 1. The van der Waals surface area contributed by atoms with Crippen LogP contribution < -0.4 is 0 Å². The van der Waals surface area contributed by atoms with E-state index in [4.69, 9.17) is 33.2 Å². The second-order valence-electron chi connectivity index (χ2n) is 15.4. The molecule has 12 nitrogen and oxygen atoms in total. The Bertz CT molecular complexity index is 1020. The van der Waals surface area contributed by atoms with Crippen LogP contribution in [0.25, 0.3) is 0 Å². The van der Waals surface area contributed by atoms with E-state index in [1.807, 2.05) is 34.6 Å². The van der Waals surface area contributed by atoms with Gasteiger partial charge in [-0.2, -0.15) is 0 Å². The zero-order valence-electron chi connectivity index (χ0n) is 29.8. The molecular weight excluding hydrogens is 612 g/mol. The molecule has 12 atom stereocenters. The van der Waals surface area contributed by atoms with E-state index >= 15 is 0 Å². The predicted molar refractivity (Wildman–Crippen MR) is 172 cm³/mol. The summed E-state index contributed by atoms with van der Waals surface area (Å²) in [6.07, 6.45) is 0.158. The SMILES string of the molecule is C[C@H](CC/C=C\C(=O)OC(C)(C)C)O[C@@H]1O[C@@H](CO[C@@H]2C[C@@H](O)[C@H](C)O[C@H]2O[C@H](C)CC[C@H]2C[C@@H]2C(=O)OC(C)(C)C)[C@H](O)C[C@H]1O. The van der Waals surface area contributed by atoms with Crippen LogP contribution in [0, 0.1) is 11.8 Å². The van der Waals surface area contributed by atoms with Crippen LogP contribution in [-0.2, 0) is 42.7 Å². The lowest BCUT2D eigenvalue weighted by Crippen LogP contribution is -2.53. The van der Waals surface area contributed by atoms with Gasteiger partial charge in [0.15, 0.2) is 12.6 Å². The fourth-order valence-corrected chi connectivity index (χ4v) is 5.67. The molecule has 3 fully saturated rings. The molecule has 0 aromatic rings. The lowest BCUT2D eigenvalue weighted by atomic mass is 10.0. The standard InChI is InChI=1S/C35H60O12/c1-20(12-10-11-13-30(39)46-34(4,5)6)42-32-27(38)17-26(37)29(45-32)19-41-28-18-25(36)22(3)44-33(28)43-21(2)14-15-23-16-24(23)31(40)47-35(7,8)9/h11,13,20-29,32-33,36-38H,10,12,14-19H2,1-9H3/b13-11-/t20-,21-,22+,23+,24+,25-,26-,27-,28-,29+,32-,33-/m1/s1. The molecule has 3 N–H and O–H groups in total. The second-order valence-corrected chi connectivity index (χ2v) is 15.4. The van der Waals surface area contributed by atoms with Gasteiger partial charge >= 0.3 is 11.9 Å². The van der Waals surface area contributed by atoms with E-state index in [2.05, 4.69) is 0 Å². The maximum atomic E-state index is 12.3. The monoisotopic (exact) mass is 672 g/mol.